The standard InChI is InChI=1S/C9H23NOPS3/c1-6-10(3,7-2)8-9-15-12(11,13-4)14-5/h6-9H2,1-5H3/q+1. The molecule has 2 nitrogen and oxygen atoms in total. The summed E-state index contributed by atoms with van der Waals surface area (Å²) in [5.74, 6) is 0.997. The first kappa shape index (κ1) is 16.2. The second kappa shape index (κ2) is 7.54. The lowest BCUT2D eigenvalue weighted by molar-refractivity contribution is -0.903. The van der Waals surface area contributed by atoms with Crippen LogP contribution in [-0.2, 0) is 4.57 Å². The molecule has 0 rings (SSSR count). The minimum atomic E-state index is -2.05. The smallest absolute Gasteiger partial charge is 0.243 e. The molecule has 0 amide bonds. The third kappa shape index (κ3) is 5.92. The van der Waals surface area contributed by atoms with Crippen LogP contribution in [0.25, 0.3) is 0 Å². The van der Waals surface area contributed by atoms with E-state index in [0.29, 0.717) is 0 Å². The highest BCUT2D eigenvalue weighted by Gasteiger charge is 2.23. The Bertz CT molecular complexity index is 213. The molecule has 0 atom stereocenters. The molecule has 0 aliphatic rings. The Morgan fingerprint density at radius 3 is 1.93 bits per heavy atom. The van der Waals surface area contributed by atoms with E-state index in [0.717, 1.165) is 29.9 Å². The Hall–Kier alpha value is 1.24. The minimum absolute atomic E-state index is 0.997. The van der Waals surface area contributed by atoms with Crippen molar-refractivity contribution >= 4 is 38.9 Å². The Morgan fingerprint density at radius 2 is 1.60 bits per heavy atom. The molecule has 0 radical (unpaired) electrons. The summed E-state index contributed by atoms with van der Waals surface area (Å²) in [7, 11) is 2.27. The van der Waals surface area contributed by atoms with Crippen LogP contribution < -0.4 is 0 Å². The van der Waals surface area contributed by atoms with Crippen molar-refractivity contribution in [3.8, 4) is 0 Å². The Balaban J connectivity index is 4.02. The molecule has 0 aromatic carbocycles. The molecule has 0 bridgehead atoms. The highest BCUT2D eigenvalue weighted by Crippen LogP contribution is 2.76. The zero-order valence-corrected chi connectivity index (χ0v) is 13.7. The van der Waals surface area contributed by atoms with Crippen molar-refractivity contribution in [3.63, 3.8) is 0 Å². The van der Waals surface area contributed by atoms with Crippen molar-refractivity contribution in [2.24, 2.45) is 0 Å². The largest absolute Gasteiger partial charge is 0.326 e. The first-order valence-electron chi connectivity index (χ1n) is 5.15. The molecule has 92 valence electrons. The van der Waals surface area contributed by atoms with Crippen molar-refractivity contribution in [1.29, 1.82) is 0 Å². The molecule has 0 heterocycles. The molecule has 0 aromatic heterocycles. The van der Waals surface area contributed by atoms with Gasteiger partial charge in [0.1, 0.15) is 0 Å². The Labute approximate surface area is 107 Å². The molecule has 0 aromatic rings. The van der Waals surface area contributed by atoms with Crippen LogP contribution in [0.5, 0.6) is 0 Å². The van der Waals surface area contributed by atoms with Gasteiger partial charge < -0.3 is 4.48 Å². The van der Waals surface area contributed by atoms with Gasteiger partial charge >= 0.3 is 0 Å². The predicted octanol–water partition coefficient (Wildman–Crippen LogP) is 4.04. The van der Waals surface area contributed by atoms with Gasteiger partial charge in [0.15, 0.2) is 0 Å². The summed E-state index contributed by atoms with van der Waals surface area (Å²) in [6.45, 7) is 7.86. The zero-order chi connectivity index (χ0) is 11.9. The first-order valence-corrected chi connectivity index (χ1v) is 12.1. The van der Waals surface area contributed by atoms with Crippen molar-refractivity contribution in [2.45, 2.75) is 13.8 Å². The Kier molecular flexibility index (Phi) is 8.17. The third-order valence-corrected chi connectivity index (χ3v) is 15.9. The van der Waals surface area contributed by atoms with Crippen LogP contribution in [0.3, 0.4) is 0 Å². The van der Waals surface area contributed by atoms with E-state index in [1.807, 2.05) is 12.5 Å². The van der Waals surface area contributed by atoms with Gasteiger partial charge in [-0.25, -0.2) is 0 Å². The van der Waals surface area contributed by atoms with Crippen LogP contribution >= 0.6 is 38.9 Å². The SMILES string of the molecule is CC[N+](C)(CC)CCSP(=O)(SC)SC. The molecule has 0 fully saturated rings. The second-order valence-electron chi connectivity index (χ2n) is 3.62. The van der Waals surface area contributed by atoms with E-state index in [4.69, 9.17) is 0 Å². The molecule has 6 heteroatoms. The molecule has 0 aliphatic heterocycles. The van der Waals surface area contributed by atoms with E-state index in [1.54, 1.807) is 11.4 Å². The molecule has 0 aliphatic carbocycles. The summed E-state index contributed by atoms with van der Waals surface area (Å²) in [6.07, 6.45) is 3.88. The fourth-order valence-electron chi connectivity index (χ4n) is 1.09. The van der Waals surface area contributed by atoms with Crippen molar-refractivity contribution in [1.82, 2.24) is 0 Å². The normalized spacial score (nSPS) is 13.1. The molecule has 0 spiro atoms. The highest BCUT2D eigenvalue weighted by atomic mass is 33.4. The first-order chi connectivity index (χ1) is 6.95. The van der Waals surface area contributed by atoms with Crippen LogP contribution in [0.4, 0.5) is 0 Å². The quantitative estimate of drug-likeness (QED) is 0.495. The maximum atomic E-state index is 12.1. The van der Waals surface area contributed by atoms with Crippen LogP contribution in [0.15, 0.2) is 0 Å². The highest BCUT2D eigenvalue weighted by molar-refractivity contribution is 9.14. The molecule has 15 heavy (non-hydrogen) atoms. The van der Waals surface area contributed by atoms with E-state index in [2.05, 4.69) is 20.9 Å². The number of quaternary nitrogens is 1. The zero-order valence-electron chi connectivity index (χ0n) is 10.4. The third-order valence-electron chi connectivity index (χ3n) is 2.85. The van der Waals surface area contributed by atoms with Crippen LogP contribution in [0.2, 0.25) is 0 Å². The predicted molar refractivity (Wildman–Crippen MR) is 79.2 cm³/mol. The van der Waals surface area contributed by atoms with Gasteiger partial charge in [-0.2, -0.15) is 0 Å². The van der Waals surface area contributed by atoms with Gasteiger partial charge in [0.05, 0.1) is 32.4 Å². The fourth-order valence-corrected chi connectivity index (χ4v) is 8.77. The van der Waals surface area contributed by atoms with E-state index < -0.39 is 4.75 Å². The van der Waals surface area contributed by atoms with Gasteiger partial charge in [0, 0.05) is 0 Å². The van der Waals surface area contributed by atoms with E-state index in [9.17, 15) is 4.57 Å². The van der Waals surface area contributed by atoms with E-state index in [1.165, 1.54) is 22.8 Å². The monoisotopic (exact) mass is 288 g/mol. The van der Waals surface area contributed by atoms with Gasteiger partial charge in [-0.3, -0.25) is 4.57 Å². The number of hydrogen-bond acceptors (Lipinski definition) is 4. The van der Waals surface area contributed by atoms with E-state index >= 15 is 0 Å². The maximum Gasteiger partial charge on any atom is 0.243 e. The summed E-state index contributed by atoms with van der Waals surface area (Å²) in [4.78, 5) is 0. The average molecular weight is 288 g/mol. The van der Waals surface area contributed by atoms with Gasteiger partial charge in [0.2, 0.25) is 4.75 Å². The van der Waals surface area contributed by atoms with Crippen LogP contribution in [0, 0.1) is 0 Å². The molecule has 0 saturated heterocycles. The summed E-state index contributed by atoms with van der Waals surface area (Å²) < 4.78 is 11.1. The van der Waals surface area contributed by atoms with Crippen molar-refractivity contribution in [2.75, 3.05) is 44.9 Å². The van der Waals surface area contributed by atoms with Gasteiger partial charge in [-0.15, -0.1) is 0 Å². The lowest BCUT2D eigenvalue weighted by Gasteiger charge is -2.32. The van der Waals surface area contributed by atoms with Gasteiger partial charge in [-0.05, 0) is 26.4 Å². The molecule has 0 N–H and O–H groups in total. The van der Waals surface area contributed by atoms with Crippen molar-refractivity contribution in [3.05, 3.63) is 0 Å². The fraction of sp³-hybridized carbons (Fsp3) is 1.00. The van der Waals surface area contributed by atoms with E-state index in [-0.39, 0.29) is 0 Å². The number of hydrogen-bond donors (Lipinski definition) is 0. The maximum absolute atomic E-state index is 12.1. The van der Waals surface area contributed by atoms with Crippen LogP contribution in [0.1, 0.15) is 13.8 Å². The molecular weight excluding hydrogens is 265 g/mol. The van der Waals surface area contributed by atoms with Crippen LogP contribution in [-0.4, -0.2) is 49.4 Å². The van der Waals surface area contributed by atoms with Gasteiger partial charge in [-0.1, -0.05) is 34.1 Å². The summed E-state index contributed by atoms with van der Waals surface area (Å²) in [5, 5.41) is 0. The lowest BCUT2D eigenvalue weighted by Crippen LogP contribution is -2.45. The number of nitrogens with zero attached hydrogens (tertiary/aromatic N) is 1. The summed E-state index contributed by atoms with van der Waals surface area (Å²) in [5.41, 5.74) is 0. The minimum Gasteiger partial charge on any atom is -0.326 e. The summed E-state index contributed by atoms with van der Waals surface area (Å²) >= 11 is 4.67. The van der Waals surface area contributed by atoms with Crippen molar-refractivity contribution < 1.29 is 9.05 Å². The molecule has 0 unspecified atom stereocenters. The lowest BCUT2D eigenvalue weighted by atomic mass is 10.4. The topological polar surface area (TPSA) is 17.1 Å². The Morgan fingerprint density at radius 1 is 1.13 bits per heavy atom. The summed E-state index contributed by atoms with van der Waals surface area (Å²) in [6, 6.07) is 0. The molecular formula is C9H23NOPS3+. The molecule has 0 saturated carbocycles. The average Bonchev–Trinajstić information content (AvgIpc) is 2.28. The number of rotatable bonds is 8. The van der Waals surface area contributed by atoms with Gasteiger partial charge in [0.25, 0.3) is 0 Å². The second-order valence-corrected chi connectivity index (χ2v) is 15.6.